The van der Waals surface area contributed by atoms with Crippen LogP contribution in [0.3, 0.4) is 0 Å². The summed E-state index contributed by atoms with van der Waals surface area (Å²) in [4.78, 5) is 26.4. The van der Waals surface area contributed by atoms with E-state index < -0.39 is 28.6 Å². The molecular weight excluding hydrogens is 366 g/mol. The van der Waals surface area contributed by atoms with Crippen LogP contribution in [0, 0.1) is 17.0 Å². The Kier molecular flexibility index (Phi) is 5.49. The van der Waals surface area contributed by atoms with Gasteiger partial charge in [0.25, 0.3) is 5.91 Å². The van der Waals surface area contributed by atoms with E-state index in [4.69, 9.17) is 0 Å². The standard InChI is InChI=1S/C21H28F2N2O3/c1-13(26)24-12-15-11-20(2)18(6-4-5-9-21(20,3)28)25(15)19(27)16-8-7-14(22)10-17(16)23/h7-8,10,15,18,28H,4-6,9,11-12H2,1-3H3,(H,24,26)/t15-,18-,20-,21+/m1/s1. The molecule has 0 aromatic heterocycles. The zero-order valence-electron chi connectivity index (χ0n) is 16.6. The molecular formula is C21H28F2N2O3. The lowest BCUT2D eigenvalue weighted by Crippen LogP contribution is -2.52. The molecule has 2 amide bonds. The quantitative estimate of drug-likeness (QED) is 0.828. The van der Waals surface area contributed by atoms with Gasteiger partial charge < -0.3 is 15.3 Å². The molecule has 3 rings (SSSR count). The third-order valence-corrected chi connectivity index (χ3v) is 6.73. The SMILES string of the molecule is CC(=O)NC[C@H]1C[C@]2(C)[C@@H](CCCC[C@]2(C)O)N1C(=O)c1ccc(F)cc1F. The molecule has 1 saturated heterocycles. The molecule has 0 unspecified atom stereocenters. The van der Waals surface area contributed by atoms with E-state index in [-0.39, 0.29) is 30.1 Å². The van der Waals surface area contributed by atoms with Crippen LogP contribution >= 0.6 is 0 Å². The number of likely N-dealkylation sites (tertiary alicyclic amines) is 1. The Morgan fingerprint density at radius 3 is 2.64 bits per heavy atom. The average molecular weight is 394 g/mol. The molecule has 0 spiro atoms. The lowest BCUT2D eigenvalue weighted by atomic mass is 9.67. The Labute approximate surface area is 164 Å². The van der Waals surface area contributed by atoms with Gasteiger partial charge in [-0.15, -0.1) is 0 Å². The average Bonchev–Trinajstić information content (AvgIpc) is 2.84. The second kappa shape index (κ2) is 7.43. The number of aliphatic hydroxyl groups is 1. The molecule has 1 aromatic rings. The number of halogens is 2. The minimum absolute atomic E-state index is 0.192. The maximum absolute atomic E-state index is 14.3. The van der Waals surface area contributed by atoms with E-state index in [0.717, 1.165) is 25.0 Å². The first-order chi connectivity index (χ1) is 13.1. The molecule has 7 heteroatoms. The fraction of sp³-hybridized carbons (Fsp3) is 0.619. The predicted octanol–water partition coefficient (Wildman–Crippen LogP) is 3.02. The summed E-state index contributed by atoms with van der Waals surface area (Å²) in [5.74, 6) is -2.39. The van der Waals surface area contributed by atoms with Crippen molar-refractivity contribution in [2.75, 3.05) is 6.54 Å². The summed E-state index contributed by atoms with van der Waals surface area (Å²) in [6.07, 6.45) is 3.51. The molecule has 28 heavy (non-hydrogen) atoms. The molecule has 2 aliphatic rings. The lowest BCUT2D eigenvalue weighted by Gasteiger charge is -2.43. The Balaban J connectivity index is 2.02. The van der Waals surface area contributed by atoms with Gasteiger partial charge in [0.2, 0.25) is 5.91 Å². The zero-order chi connectivity index (χ0) is 20.7. The largest absolute Gasteiger partial charge is 0.390 e. The third-order valence-electron chi connectivity index (χ3n) is 6.73. The fourth-order valence-corrected chi connectivity index (χ4v) is 4.96. The number of hydrogen-bond acceptors (Lipinski definition) is 3. The highest BCUT2D eigenvalue weighted by Gasteiger charge is 2.59. The molecule has 1 saturated carbocycles. The predicted molar refractivity (Wildman–Crippen MR) is 101 cm³/mol. The van der Waals surface area contributed by atoms with Crippen molar-refractivity contribution in [3.63, 3.8) is 0 Å². The van der Waals surface area contributed by atoms with Crippen LogP contribution in [0.15, 0.2) is 18.2 Å². The van der Waals surface area contributed by atoms with Crippen LogP contribution in [0.1, 0.15) is 63.2 Å². The van der Waals surface area contributed by atoms with E-state index in [0.29, 0.717) is 25.3 Å². The molecule has 1 heterocycles. The molecule has 5 nitrogen and oxygen atoms in total. The van der Waals surface area contributed by atoms with Gasteiger partial charge in [-0.2, -0.15) is 0 Å². The molecule has 2 fully saturated rings. The number of carbonyl (C=O) groups is 2. The second-order valence-corrected chi connectivity index (χ2v) is 8.58. The van der Waals surface area contributed by atoms with E-state index in [1.807, 2.05) is 6.92 Å². The maximum atomic E-state index is 14.3. The van der Waals surface area contributed by atoms with Gasteiger partial charge >= 0.3 is 0 Å². The van der Waals surface area contributed by atoms with Crippen molar-refractivity contribution in [3.8, 4) is 0 Å². The number of benzene rings is 1. The minimum Gasteiger partial charge on any atom is -0.390 e. The smallest absolute Gasteiger partial charge is 0.257 e. The molecule has 2 N–H and O–H groups in total. The van der Waals surface area contributed by atoms with Gasteiger partial charge in [-0.25, -0.2) is 8.78 Å². The van der Waals surface area contributed by atoms with E-state index in [1.165, 1.54) is 6.92 Å². The molecule has 1 aromatic carbocycles. The highest BCUT2D eigenvalue weighted by molar-refractivity contribution is 5.95. The summed E-state index contributed by atoms with van der Waals surface area (Å²) < 4.78 is 27.7. The van der Waals surface area contributed by atoms with Crippen molar-refractivity contribution >= 4 is 11.8 Å². The summed E-state index contributed by atoms with van der Waals surface area (Å²) in [5, 5.41) is 13.9. The van der Waals surface area contributed by atoms with Crippen LogP contribution in [0.2, 0.25) is 0 Å². The van der Waals surface area contributed by atoms with E-state index in [9.17, 15) is 23.5 Å². The van der Waals surface area contributed by atoms with Gasteiger partial charge in [0.1, 0.15) is 11.6 Å². The highest BCUT2D eigenvalue weighted by Crippen LogP contribution is 2.53. The van der Waals surface area contributed by atoms with Crippen molar-refractivity contribution < 1.29 is 23.5 Å². The van der Waals surface area contributed by atoms with E-state index in [1.54, 1.807) is 11.8 Å². The number of hydrogen-bond donors (Lipinski definition) is 2. The molecule has 1 aliphatic heterocycles. The lowest BCUT2D eigenvalue weighted by molar-refractivity contribution is -0.119. The van der Waals surface area contributed by atoms with Crippen molar-refractivity contribution in [3.05, 3.63) is 35.4 Å². The monoisotopic (exact) mass is 394 g/mol. The third kappa shape index (κ3) is 3.52. The topological polar surface area (TPSA) is 69.6 Å². The Hall–Kier alpha value is -2.02. The van der Waals surface area contributed by atoms with Crippen molar-refractivity contribution in [2.45, 2.75) is 70.6 Å². The van der Waals surface area contributed by atoms with Gasteiger partial charge in [-0.3, -0.25) is 9.59 Å². The van der Waals surface area contributed by atoms with Crippen LogP contribution in [0.25, 0.3) is 0 Å². The van der Waals surface area contributed by atoms with Gasteiger partial charge in [-0.05, 0) is 38.3 Å². The van der Waals surface area contributed by atoms with Crippen LogP contribution in [0.5, 0.6) is 0 Å². The minimum atomic E-state index is -0.987. The maximum Gasteiger partial charge on any atom is 0.257 e. The molecule has 0 radical (unpaired) electrons. The fourth-order valence-electron chi connectivity index (χ4n) is 4.96. The van der Waals surface area contributed by atoms with Crippen molar-refractivity contribution in [1.82, 2.24) is 10.2 Å². The summed E-state index contributed by atoms with van der Waals surface area (Å²) in [7, 11) is 0. The summed E-state index contributed by atoms with van der Waals surface area (Å²) in [5.41, 5.74) is -1.76. The molecule has 0 bridgehead atoms. The Bertz CT molecular complexity index is 783. The Morgan fingerprint density at radius 2 is 2.00 bits per heavy atom. The number of nitrogens with one attached hydrogen (secondary N) is 1. The van der Waals surface area contributed by atoms with Crippen LogP contribution in [-0.4, -0.2) is 46.1 Å². The highest BCUT2D eigenvalue weighted by atomic mass is 19.1. The normalized spacial score (nSPS) is 32.6. The number of nitrogens with zero attached hydrogens (tertiary/aromatic N) is 1. The first-order valence-corrected chi connectivity index (χ1v) is 9.81. The van der Waals surface area contributed by atoms with E-state index >= 15 is 0 Å². The van der Waals surface area contributed by atoms with Crippen LogP contribution < -0.4 is 5.32 Å². The van der Waals surface area contributed by atoms with E-state index in [2.05, 4.69) is 5.32 Å². The van der Waals surface area contributed by atoms with Gasteiger partial charge in [-0.1, -0.05) is 19.8 Å². The Morgan fingerprint density at radius 1 is 1.29 bits per heavy atom. The van der Waals surface area contributed by atoms with Crippen LogP contribution in [0.4, 0.5) is 8.78 Å². The summed E-state index contributed by atoms with van der Waals surface area (Å²) >= 11 is 0. The molecule has 154 valence electrons. The zero-order valence-corrected chi connectivity index (χ0v) is 16.6. The van der Waals surface area contributed by atoms with Crippen molar-refractivity contribution in [2.24, 2.45) is 5.41 Å². The molecule has 1 aliphatic carbocycles. The van der Waals surface area contributed by atoms with Gasteiger partial charge in [0.05, 0.1) is 17.2 Å². The van der Waals surface area contributed by atoms with Crippen LogP contribution in [-0.2, 0) is 4.79 Å². The first kappa shape index (κ1) is 20.7. The number of amides is 2. The van der Waals surface area contributed by atoms with Gasteiger partial charge in [0.15, 0.2) is 0 Å². The van der Waals surface area contributed by atoms with Gasteiger partial charge in [0, 0.05) is 31.0 Å². The summed E-state index contributed by atoms with van der Waals surface area (Å²) in [6.45, 7) is 5.40. The number of rotatable bonds is 3. The second-order valence-electron chi connectivity index (χ2n) is 8.58. The summed E-state index contributed by atoms with van der Waals surface area (Å²) in [6, 6.07) is 2.26. The molecule has 4 atom stereocenters. The number of fused-ring (bicyclic) bond motifs is 1. The first-order valence-electron chi connectivity index (χ1n) is 9.81. The number of carbonyl (C=O) groups excluding carboxylic acids is 2. The van der Waals surface area contributed by atoms with Crippen molar-refractivity contribution in [1.29, 1.82) is 0 Å².